The summed E-state index contributed by atoms with van der Waals surface area (Å²) in [7, 11) is 0. The van der Waals surface area contributed by atoms with E-state index in [1.165, 1.54) is 0 Å². The number of aliphatic hydroxyl groups excluding tert-OH is 1. The third-order valence-corrected chi connectivity index (χ3v) is 5.47. The molecule has 0 aliphatic heterocycles. The molecule has 33 heavy (non-hydrogen) atoms. The summed E-state index contributed by atoms with van der Waals surface area (Å²) in [6, 6.07) is 23.4. The number of furan rings is 1. The number of ether oxygens (including phenoxy) is 1. The average molecular weight is 446 g/mol. The van der Waals surface area contributed by atoms with Crippen molar-refractivity contribution in [3.63, 3.8) is 0 Å². The predicted molar refractivity (Wildman–Crippen MR) is 131 cm³/mol. The molecule has 5 heteroatoms. The Morgan fingerprint density at radius 3 is 2.42 bits per heavy atom. The number of carbonyl (C=O) groups is 1. The Morgan fingerprint density at radius 1 is 0.970 bits per heavy atom. The van der Waals surface area contributed by atoms with E-state index in [0.717, 1.165) is 27.5 Å². The fourth-order valence-electron chi connectivity index (χ4n) is 3.92. The van der Waals surface area contributed by atoms with Gasteiger partial charge in [0.1, 0.15) is 29.6 Å². The van der Waals surface area contributed by atoms with Crippen LogP contribution in [-0.4, -0.2) is 35.2 Å². The van der Waals surface area contributed by atoms with Crippen LogP contribution in [0.15, 0.2) is 77.2 Å². The van der Waals surface area contributed by atoms with Gasteiger partial charge in [0.2, 0.25) is 5.91 Å². The lowest BCUT2D eigenvalue weighted by molar-refractivity contribution is -0.135. The first kappa shape index (κ1) is 22.9. The second-order valence-corrected chi connectivity index (χ2v) is 9.72. The number of nitrogens with zero attached hydrogens (tertiary/aromatic N) is 1. The van der Waals surface area contributed by atoms with Gasteiger partial charge in [-0.25, -0.2) is 0 Å². The summed E-state index contributed by atoms with van der Waals surface area (Å²) in [5.41, 5.74) is 2.53. The summed E-state index contributed by atoms with van der Waals surface area (Å²) in [6.07, 6.45) is -0.396. The number of fused-ring (bicyclic) bond motifs is 3. The van der Waals surface area contributed by atoms with Crippen molar-refractivity contribution >= 4 is 27.8 Å². The Kier molecular flexibility index (Phi) is 6.70. The van der Waals surface area contributed by atoms with E-state index in [9.17, 15) is 9.90 Å². The van der Waals surface area contributed by atoms with Crippen LogP contribution in [0.3, 0.4) is 0 Å². The molecular weight excluding hydrogens is 414 g/mol. The van der Waals surface area contributed by atoms with Gasteiger partial charge >= 0.3 is 0 Å². The fraction of sp³-hybridized carbons (Fsp3) is 0.321. The Balaban J connectivity index is 1.43. The number of benzene rings is 3. The maximum atomic E-state index is 13.0. The predicted octanol–water partition coefficient (Wildman–Crippen LogP) is 5.79. The SMILES string of the molecule is CC(C)(C)CC(=O)N(Cc1ccccc1)C[C@@H](O)COc1ccc2oc3ccccc3c2c1. The maximum Gasteiger partial charge on any atom is 0.223 e. The molecule has 3 aromatic carbocycles. The maximum absolute atomic E-state index is 13.0. The van der Waals surface area contributed by atoms with Crippen molar-refractivity contribution in [1.82, 2.24) is 4.90 Å². The van der Waals surface area contributed by atoms with Crippen molar-refractivity contribution in [3.8, 4) is 5.75 Å². The highest BCUT2D eigenvalue weighted by molar-refractivity contribution is 6.05. The van der Waals surface area contributed by atoms with Crippen LogP contribution in [0.1, 0.15) is 32.8 Å². The van der Waals surface area contributed by atoms with Gasteiger partial charge in [-0.15, -0.1) is 0 Å². The minimum atomic E-state index is -0.811. The second-order valence-electron chi connectivity index (χ2n) is 9.72. The molecule has 0 radical (unpaired) electrons. The Bertz CT molecular complexity index is 1220. The van der Waals surface area contributed by atoms with Gasteiger partial charge in [0, 0.05) is 23.7 Å². The minimum Gasteiger partial charge on any atom is -0.491 e. The number of amides is 1. The molecule has 0 unspecified atom stereocenters. The number of rotatable bonds is 8. The van der Waals surface area contributed by atoms with Crippen LogP contribution in [0.2, 0.25) is 0 Å². The zero-order chi connectivity index (χ0) is 23.4. The van der Waals surface area contributed by atoms with Gasteiger partial charge in [-0.3, -0.25) is 4.79 Å². The summed E-state index contributed by atoms with van der Waals surface area (Å²) >= 11 is 0. The Labute approximate surface area is 194 Å². The van der Waals surface area contributed by atoms with Crippen molar-refractivity contribution in [2.45, 2.75) is 39.8 Å². The first-order chi connectivity index (χ1) is 15.8. The summed E-state index contributed by atoms with van der Waals surface area (Å²) in [4.78, 5) is 14.7. The van der Waals surface area contributed by atoms with Crippen LogP contribution >= 0.6 is 0 Å². The standard InChI is InChI=1S/C28H31NO4/c1-28(2,3)16-27(31)29(17-20-9-5-4-6-10-20)18-21(30)19-32-22-13-14-26-24(15-22)23-11-7-8-12-25(23)33-26/h4-15,21,30H,16-19H2,1-3H3/t21-/m1/s1. The first-order valence-corrected chi connectivity index (χ1v) is 11.3. The second kappa shape index (κ2) is 9.67. The lowest BCUT2D eigenvalue weighted by atomic mass is 9.91. The number of hydrogen-bond donors (Lipinski definition) is 1. The van der Waals surface area contributed by atoms with E-state index in [2.05, 4.69) is 0 Å². The molecule has 1 heterocycles. The van der Waals surface area contributed by atoms with Crippen molar-refractivity contribution in [3.05, 3.63) is 78.4 Å². The number of aliphatic hydroxyl groups is 1. The molecule has 1 N–H and O–H groups in total. The van der Waals surface area contributed by atoms with Crippen LogP contribution in [0, 0.1) is 5.41 Å². The number of para-hydroxylation sites is 1. The topological polar surface area (TPSA) is 62.9 Å². The van der Waals surface area contributed by atoms with E-state index in [1.54, 1.807) is 4.90 Å². The van der Waals surface area contributed by atoms with E-state index in [1.807, 2.05) is 93.6 Å². The van der Waals surface area contributed by atoms with E-state index in [-0.39, 0.29) is 24.5 Å². The smallest absolute Gasteiger partial charge is 0.223 e. The third kappa shape index (κ3) is 5.93. The summed E-state index contributed by atoms with van der Waals surface area (Å²) in [6.45, 7) is 6.89. The molecule has 172 valence electrons. The summed E-state index contributed by atoms with van der Waals surface area (Å²) in [5, 5.41) is 12.7. The normalized spacial score (nSPS) is 12.7. The summed E-state index contributed by atoms with van der Waals surface area (Å²) in [5.74, 6) is 0.681. The minimum absolute atomic E-state index is 0.0247. The largest absolute Gasteiger partial charge is 0.491 e. The van der Waals surface area contributed by atoms with Gasteiger partial charge in [0.05, 0.1) is 6.54 Å². The molecule has 0 fully saturated rings. The monoisotopic (exact) mass is 445 g/mol. The molecule has 1 aromatic heterocycles. The number of carbonyl (C=O) groups excluding carboxylic acids is 1. The van der Waals surface area contributed by atoms with Gasteiger partial charge in [-0.1, -0.05) is 69.3 Å². The molecule has 0 spiro atoms. The summed E-state index contributed by atoms with van der Waals surface area (Å²) < 4.78 is 11.8. The quantitative estimate of drug-likeness (QED) is 0.373. The van der Waals surface area contributed by atoms with Crippen LogP contribution in [0.25, 0.3) is 21.9 Å². The fourth-order valence-corrected chi connectivity index (χ4v) is 3.92. The molecule has 0 saturated heterocycles. The van der Waals surface area contributed by atoms with Crippen LogP contribution in [0.5, 0.6) is 5.75 Å². The molecule has 1 amide bonds. The highest BCUT2D eigenvalue weighted by atomic mass is 16.5. The van der Waals surface area contributed by atoms with Crippen LogP contribution < -0.4 is 4.74 Å². The molecule has 1 atom stereocenters. The molecule has 0 aliphatic carbocycles. The molecule has 5 nitrogen and oxygen atoms in total. The van der Waals surface area contributed by atoms with Crippen molar-refractivity contribution in [1.29, 1.82) is 0 Å². The Hall–Kier alpha value is -3.31. The van der Waals surface area contributed by atoms with E-state index in [0.29, 0.717) is 18.7 Å². The van der Waals surface area contributed by atoms with Crippen molar-refractivity contribution < 1.29 is 19.1 Å². The van der Waals surface area contributed by atoms with Crippen LogP contribution in [0.4, 0.5) is 0 Å². The molecule has 0 aliphatic rings. The average Bonchev–Trinajstić information content (AvgIpc) is 3.15. The zero-order valence-electron chi connectivity index (χ0n) is 19.5. The van der Waals surface area contributed by atoms with Gasteiger partial charge in [0.25, 0.3) is 0 Å². The molecule has 0 saturated carbocycles. The van der Waals surface area contributed by atoms with E-state index < -0.39 is 6.10 Å². The Morgan fingerprint density at radius 2 is 1.67 bits per heavy atom. The van der Waals surface area contributed by atoms with E-state index in [4.69, 9.17) is 9.15 Å². The highest BCUT2D eigenvalue weighted by Crippen LogP contribution is 2.31. The molecule has 0 bridgehead atoms. The molecular formula is C28H31NO4. The first-order valence-electron chi connectivity index (χ1n) is 11.3. The lowest BCUT2D eigenvalue weighted by Crippen LogP contribution is -2.40. The van der Waals surface area contributed by atoms with Gasteiger partial charge in [0.15, 0.2) is 0 Å². The molecule has 4 rings (SSSR count). The molecule has 4 aromatic rings. The van der Waals surface area contributed by atoms with Gasteiger partial charge in [-0.2, -0.15) is 0 Å². The van der Waals surface area contributed by atoms with Crippen LogP contribution in [-0.2, 0) is 11.3 Å². The third-order valence-electron chi connectivity index (χ3n) is 5.47. The highest BCUT2D eigenvalue weighted by Gasteiger charge is 2.23. The van der Waals surface area contributed by atoms with Gasteiger partial charge in [-0.05, 0) is 35.2 Å². The van der Waals surface area contributed by atoms with Gasteiger partial charge < -0.3 is 19.2 Å². The van der Waals surface area contributed by atoms with E-state index >= 15 is 0 Å². The van der Waals surface area contributed by atoms with Crippen molar-refractivity contribution in [2.75, 3.05) is 13.2 Å². The van der Waals surface area contributed by atoms with Crippen molar-refractivity contribution in [2.24, 2.45) is 5.41 Å². The zero-order valence-corrected chi connectivity index (χ0v) is 19.5. The lowest BCUT2D eigenvalue weighted by Gasteiger charge is -2.28. The number of hydrogen-bond acceptors (Lipinski definition) is 4.